The summed E-state index contributed by atoms with van der Waals surface area (Å²) in [4.78, 5) is 12.9. The second kappa shape index (κ2) is 7.02. The van der Waals surface area contributed by atoms with Crippen LogP contribution in [0.5, 0.6) is 5.75 Å². The topological polar surface area (TPSA) is 64.1 Å². The standard InChI is InChI=1S/C17H15N3O2S/c1-22-14-9-7-13(8-10-14)15-16(23-20-19-15)17(21)18-11-12-5-3-2-4-6-12/h2-10H,11H2,1H3,(H,18,21). The summed E-state index contributed by atoms with van der Waals surface area (Å²) in [6.07, 6.45) is 0. The first-order valence-corrected chi connectivity index (χ1v) is 7.84. The number of ether oxygens (including phenoxy) is 1. The van der Waals surface area contributed by atoms with Gasteiger partial charge in [0.25, 0.3) is 5.91 Å². The Balaban J connectivity index is 1.75. The van der Waals surface area contributed by atoms with Crippen LogP contribution in [0.4, 0.5) is 0 Å². The zero-order valence-corrected chi connectivity index (χ0v) is 13.3. The molecule has 3 rings (SSSR count). The summed E-state index contributed by atoms with van der Waals surface area (Å²) in [6, 6.07) is 17.2. The zero-order chi connectivity index (χ0) is 16.1. The minimum absolute atomic E-state index is 0.172. The van der Waals surface area contributed by atoms with Gasteiger partial charge in [-0.05, 0) is 41.4 Å². The third-order valence-corrected chi connectivity index (χ3v) is 4.08. The molecule has 3 aromatic rings. The Kier molecular flexibility index (Phi) is 4.63. The monoisotopic (exact) mass is 325 g/mol. The van der Waals surface area contributed by atoms with Gasteiger partial charge in [-0.15, -0.1) is 5.10 Å². The lowest BCUT2D eigenvalue weighted by Gasteiger charge is -2.05. The van der Waals surface area contributed by atoms with Crippen molar-refractivity contribution in [2.45, 2.75) is 6.54 Å². The molecule has 0 radical (unpaired) electrons. The molecule has 0 unspecified atom stereocenters. The van der Waals surface area contributed by atoms with Crippen LogP contribution in [0.2, 0.25) is 0 Å². The molecular weight excluding hydrogens is 310 g/mol. The van der Waals surface area contributed by atoms with E-state index in [1.165, 1.54) is 0 Å². The van der Waals surface area contributed by atoms with Gasteiger partial charge in [0.1, 0.15) is 16.3 Å². The Morgan fingerprint density at radius 2 is 1.87 bits per heavy atom. The largest absolute Gasteiger partial charge is 0.497 e. The fraction of sp³-hybridized carbons (Fsp3) is 0.118. The van der Waals surface area contributed by atoms with E-state index in [0.29, 0.717) is 17.1 Å². The van der Waals surface area contributed by atoms with E-state index in [-0.39, 0.29) is 5.91 Å². The van der Waals surface area contributed by atoms with E-state index in [2.05, 4.69) is 14.9 Å². The Labute approximate surface area is 138 Å². The van der Waals surface area contributed by atoms with E-state index >= 15 is 0 Å². The van der Waals surface area contributed by atoms with Crippen LogP contribution in [-0.2, 0) is 6.54 Å². The lowest BCUT2D eigenvalue weighted by Crippen LogP contribution is -2.22. The van der Waals surface area contributed by atoms with Gasteiger partial charge in [0, 0.05) is 12.1 Å². The molecule has 0 aliphatic heterocycles. The lowest BCUT2D eigenvalue weighted by molar-refractivity contribution is 0.0955. The van der Waals surface area contributed by atoms with Crippen molar-refractivity contribution < 1.29 is 9.53 Å². The van der Waals surface area contributed by atoms with Crippen LogP contribution in [0.15, 0.2) is 54.6 Å². The van der Waals surface area contributed by atoms with Crippen molar-refractivity contribution in [1.29, 1.82) is 0 Å². The summed E-state index contributed by atoms with van der Waals surface area (Å²) in [5.74, 6) is 0.585. The van der Waals surface area contributed by atoms with Crippen molar-refractivity contribution in [1.82, 2.24) is 14.9 Å². The summed E-state index contributed by atoms with van der Waals surface area (Å²) < 4.78 is 9.06. The quantitative estimate of drug-likeness (QED) is 0.783. The molecule has 0 saturated carbocycles. The fourth-order valence-corrected chi connectivity index (χ4v) is 2.74. The summed E-state index contributed by atoms with van der Waals surface area (Å²) in [5, 5.41) is 6.99. The number of methoxy groups -OCH3 is 1. The first kappa shape index (κ1) is 15.2. The Morgan fingerprint density at radius 1 is 1.13 bits per heavy atom. The number of nitrogens with zero attached hydrogens (tertiary/aromatic N) is 2. The number of rotatable bonds is 5. The summed E-state index contributed by atoms with van der Waals surface area (Å²) in [7, 11) is 1.61. The average Bonchev–Trinajstić information content (AvgIpc) is 3.10. The normalized spacial score (nSPS) is 10.3. The van der Waals surface area contributed by atoms with Crippen molar-refractivity contribution >= 4 is 17.4 Å². The Morgan fingerprint density at radius 3 is 2.57 bits per heavy atom. The van der Waals surface area contributed by atoms with E-state index in [1.54, 1.807) is 7.11 Å². The average molecular weight is 325 g/mol. The molecule has 0 aliphatic rings. The van der Waals surface area contributed by atoms with Crippen LogP contribution in [0.3, 0.4) is 0 Å². The highest BCUT2D eigenvalue weighted by atomic mass is 32.1. The molecule has 0 aliphatic carbocycles. The molecule has 0 fully saturated rings. The number of aromatic nitrogens is 2. The molecule has 23 heavy (non-hydrogen) atoms. The predicted molar refractivity (Wildman–Crippen MR) is 89.5 cm³/mol. The second-order valence-electron chi connectivity index (χ2n) is 4.85. The highest BCUT2D eigenvalue weighted by Gasteiger charge is 2.17. The van der Waals surface area contributed by atoms with Gasteiger partial charge >= 0.3 is 0 Å². The van der Waals surface area contributed by atoms with Crippen LogP contribution in [0, 0.1) is 0 Å². The minimum Gasteiger partial charge on any atom is -0.497 e. The molecule has 0 atom stereocenters. The molecule has 1 N–H and O–H groups in total. The lowest BCUT2D eigenvalue weighted by atomic mass is 10.1. The third-order valence-electron chi connectivity index (χ3n) is 3.35. The Hall–Kier alpha value is -2.73. The van der Waals surface area contributed by atoms with Crippen molar-refractivity contribution in [3.8, 4) is 17.0 Å². The summed E-state index contributed by atoms with van der Waals surface area (Å²) in [6.45, 7) is 0.472. The minimum atomic E-state index is -0.172. The van der Waals surface area contributed by atoms with Gasteiger partial charge in [-0.1, -0.05) is 34.8 Å². The van der Waals surface area contributed by atoms with Crippen LogP contribution in [-0.4, -0.2) is 22.6 Å². The third kappa shape index (κ3) is 3.54. The van der Waals surface area contributed by atoms with Gasteiger partial charge in [-0.3, -0.25) is 4.79 Å². The number of hydrogen-bond acceptors (Lipinski definition) is 5. The van der Waals surface area contributed by atoms with Crippen molar-refractivity contribution in [3.63, 3.8) is 0 Å². The van der Waals surface area contributed by atoms with Crippen molar-refractivity contribution in [3.05, 3.63) is 65.0 Å². The van der Waals surface area contributed by atoms with Crippen LogP contribution < -0.4 is 10.1 Å². The second-order valence-corrected chi connectivity index (χ2v) is 5.60. The first-order chi connectivity index (χ1) is 11.3. The highest BCUT2D eigenvalue weighted by molar-refractivity contribution is 7.08. The number of carbonyl (C=O) groups is 1. The zero-order valence-electron chi connectivity index (χ0n) is 12.5. The van der Waals surface area contributed by atoms with E-state index in [1.807, 2.05) is 54.6 Å². The molecule has 1 heterocycles. The smallest absolute Gasteiger partial charge is 0.265 e. The van der Waals surface area contributed by atoms with E-state index in [9.17, 15) is 4.79 Å². The molecule has 1 amide bonds. The molecule has 5 nitrogen and oxygen atoms in total. The highest BCUT2D eigenvalue weighted by Crippen LogP contribution is 2.25. The molecule has 0 spiro atoms. The van der Waals surface area contributed by atoms with Crippen LogP contribution in [0.25, 0.3) is 11.3 Å². The van der Waals surface area contributed by atoms with E-state index in [4.69, 9.17) is 4.74 Å². The molecular formula is C17H15N3O2S. The van der Waals surface area contributed by atoms with Crippen molar-refractivity contribution in [2.75, 3.05) is 7.11 Å². The molecule has 6 heteroatoms. The Bertz CT molecular complexity index is 785. The van der Waals surface area contributed by atoms with Gasteiger partial charge in [-0.2, -0.15) is 0 Å². The first-order valence-electron chi connectivity index (χ1n) is 7.07. The van der Waals surface area contributed by atoms with E-state index < -0.39 is 0 Å². The van der Waals surface area contributed by atoms with Gasteiger partial charge in [0.15, 0.2) is 0 Å². The fourth-order valence-electron chi connectivity index (χ4n) is 2.14. The maximum Gasteiger partial charge on any atom is 0.265 e. The number of carbonyl (C=O) groups excluding carboxylic acids is 1. The number of amides is 1. The molecule has 1 aromatic heterocycles. The van der Waals surface area contributed by atoms with E-state index in [0.717, 1.165) is 28.4 Å². The van der Waals surface area contributed by atoms with Gasteiger partial charge in [0.2, 0.25) is 0 Å². The molecule has 0 bridgehead atoms. The van der Waals surface area contributed by atoms with Gasteiger partial charge < -0.3 is 10.1 Å². The molecule has 0 saturated heterocycles. The number of hydrogen-bond donors (Lipinski definition) is 1. The van der Waals surface area contributed by atoms with Gasteiger partial charge in [0.05, 0.1) is 7.11 Å². The van der Waals surface area contributed by atoms with Crippen LogP contribution in [0.1, 0.15) is 15.2 Å². The maximum absolute atomic E-state index is 12.4. The maximum atomic E-state index is 12.4. The number of nitrogens with one attached hydrogen (secondary N) is 1. The number of benzene rings is 2. The molecule has 2 aromatic carbocycles. The van der Waals surface area contributed by atoms with Crippen molar-refractivity contribution in [2.24, 2.45) is 0 Å². The summed E-state index contributed by atoms with van der Waals surface area (Å²) >= 11 is 1.09. The molecule has 116 valence electrons. The summed E-state index contributed by atoms with van der Waals surface area (Å²) in [5.41, 5.74) is 2.47. The predicted octanol–water partition coefficient (Wildman–Crippen LogP) is 3.14. The SMILES string of the molecule is COc1ccc(-c2nnsc2C(=O)NCc2ccccc2)cc1. The van der Waals surface area contributed by atoms with Gasteiger partial charge in [-0.25, -0.2) is 0 Å². The van der Waals surface area contributed by atoms with Crippen LogP contribution >= 0.6 is 11.5 Å².